The van der Waals surface area contributed by atoms with Crippen molar-refractivity contribution in [3.8, 4) is 0 Å². The lowest BCUT2D eigenvalue weighted by molar-refractivity contribution is -0.144. The zero-order valence-corrected chi connectivity index (χ0v) is 8.30. The van der Waals surface area contributed by atoms with Gasteiger partial charge >= 0.3 is 5.97 Å². The first-order valence-corrected chi connectivity index (χ1v) is 4.24. The van der Waals surface area contributed by atoms with Gasteiger partial charge in [-0.25, -0.2) is 4.79 Å². The molecule has 0 radical (unpaired) electrons. The fraction of sp³-hybridized carbons (Fsp3) is 0.625. The van der Waals surface area contributed by atoms with E-state index in [9.17, 15) is 9.90 Å². The molecule has 0 fully saturated rings. The molecule has 1 aromatic rings. The third kappa shape index (κ3) is 1.74. The molecule has 2 atom stereocenters. The van der Waals surface area contributed by atoms with Crippen LogP contribution < -0.4 is 0 Å². The second-order valence-electron chi connectivity index (χ2n) is 3.19. The van der Waals surface area contributed by atoms with Crippen molar-refractivity contribution in [3.63, 3.8) is 0 Å². The molecule has 0 spiro atoms. The number of hydrogen-bond acceptors (Lipinski definition) is 4. The fourth-order valence-electron chi connectivity index (χ4n) is 1.41. The van der Waals surface area contributed by atoms with E-state index in [1.165, 1.54) is 11.5 Å². The molecular weight excluding hydrogens is 186 g/mol. The fourth-order valence-corrected chi connectivity index (χ4v) is 1.41. The minimum absolute atomic E-state index is 0.482. The molecule has 0 aliphatic heterocycles. The summed E-state index contributed by atoms with van der Waals surface area (Å²) in [4.78, 5) is 10.9. The van der Waals surface area contributed by atoms with Crippen LogP contribution in [0.2, 0.25) is 0 Å². The highest BCUT2D eigenvalue weighted by Crippen LogP contribution is 2.15. The van der Waals surface area contributed by atoms with E-state index in [1.807, 2.05) is 0 Å². The van der Waals surface area contributed by atoms with Crippen molar-refractivity contribution in [2.24, 2.45) is 0 Å². The monoisotopic (exact) mass is 199 g/mol. The molecule has 1 heterocycles. The van der Waals surface area contributed by atoms with E-state index in [-0.39, 0.29) is 0 Å². The summed E-state index contributed by atoms with van der Waals surface area (Å²) >= 11 is 0. The van der Waals surface area contributed by atoms with Gasteiger partial charge in [-0.1, -0.05) is 0 Å². The molecular formula is C8H13N3O3. The number of aromatic nitrogens is 3. The average molecular weight is 199 g/mol. The number of nitrogens with zero attached hydrogens (tertiary/aromatic N) is 3. The van der Waals surface area contributed by atoms with E-state index in [2.05, 4.69) is 10.2 Å². The standard InChI is InChI=1S/C8H13N3O3/c1-4(12)7(8(13)14)11-5(2)9-10-6(11)3/h4,7,12H,1-3H3,(H,13,14). The Balaban J connectivity index is 3.17. The largest absolute Gasteiger partial charge is 0.480 e. The van der Waals surface area contributed by atoms with Gasteiger partial charge in [0.2, 0.25) is 0 Å². The van der Waals surface area contributed by atoms with Crippen LogP contribution >= 0.6 is 0 Å². The van der Waals surface area contributed by atoms with E-state index in [0.29, 0.717) is 11.6 Å². The summed E-state index contributed by atoms with van der Waals surface area (Å²) < 4.78 is 1.41. The van der Waals surface area contributed by atoms with Gasteiger partial charge in [0.25, 0.3) is 0 Å². The van der Waals surface area contributed by atoms with Gasteiger partial charge in [0.05, 0.1) is 6.10 Å². The van der Waals surface area contributed by atoms with Crippen LogP contribution in [0.15, 0.2) is 0 Å². The maximum Gasteiger partial charge on any atom is 0.329 e. The van der Waals surface area contributed by atoms with Gasteiger partial charge in [0.1, 0.15) is 11.6 Å². The number of aliphatic hydroxyl groups excluding tert-OH is 1. The molecule has 14 heavy (non-hydrogen) atoms. The van der Waals surface area contributed by atoms with Crippen molar-refractivity contribution in [1.29, 1.82) is 0 Å². The van der Waals surface area contributed by atoms with Crippen LogP contribution in [0.4, 0.5) is 0 Å². The first kappa shape index (κ1) is 10.6. The number of carboxylic acids is 1. The Morgan fingerprint density at radius 3 is 2.07 bits per heavy atom. The Morgan fingerprint density at radius 1 is 1.36 bits per heavy atom. The average Bonchev–Trinajstić information content (AvgIpc) is 2.34. The molecule has 0 saturated heterocycles. The van der Waals surface area contributed by atoms with Gasteiger partial charge in [-0.05, 0) is 20.8 Å². The summed E-state index contributed by atoms with van der Waals surface area (Å²) in [6.45, 7) is 4.73. The van der Waals surface area contributed by atoms with Crippen molar-refractivity contribution in [2.45, 2.75) is 32.9 Å². The Kier molecular flexibility index (Phi) is 2.85. The maximum absolute atomic E-state index is 10.9. The second-order valence-corrected chi connectivity index (χ2v) is 3.19. The third-order valence-electron chi connectivity index (χ3n) is 2.02. The predicted octanol–water partition coefficient (Wildman–Crippen LogP) is -0.0986. The summed E-state index contributed by atoms with van der Waals surface area (Å²) in [7, 11) is 0. The molecule has 78 valence electrons. The minimum Gasteiger partial charge on any atom is -0.480 e. The molecule has 6 nitrogen and oxygen atoms in total. The van der Waals surface area contributed by atoms with Crippen molar-refractivity contribution in [1.82, 2.24) is 14.8 Å². The maximum atomic E-state index is 10.9. The molecule has 6 heteroatoms. The van der Waals surface area contributed by atoms with Crippen molar-refractivity contribution in [2.75, 3.05) is 0 Å². The van der Waals surface area contributed by atoms with Gasteiger partial charge in [0.15, 0.2) is 6.04 Å². The smallest absolute Gasteiger partial charge is 0.329 e. The molecule has 0 saturated carbocycles. The van der Waals surface area contributed by atoms with Crippen LogP contribution in [0.25, 0.3) is 0 Å². The van der Waals surface area contributed by atoms with Gasteiger partial charge in [-0.15, -0.1) is 10.2 Å². The van der Waals surface area contributed by atoms with Gasteiger partial charge < -0.3 is 10.2 Å². The highest BCUT2D eigenvalue weighted by atomic mass is 16.4. The molecule has 0 aromatic carbocycles. The van der Waals surface area contributed by atoms with E-state index < -0.39 is 18.1 Å². The Morgan fingerprint density at radius 2 is 1.79 bits per heavy atom. The summed E-state index contributed by atoms with van der Waals surface area (Å²) in [6, 6.07) is -1.02. The third-order valence-corrected chi connectivity index (χ3v) is 2.02. The van der Waals surface area contributed by atoms with Crippen molar-refractivity contribution >= 4 is 5.97 Å². The Labute approximate surface area is 81.2 Å². The quantitative estimate of drug-likeness (QED) is 0.709. The topological polar surface area (TPSA) is 88.2 Å². The van der Waals surface area contributed by atoms with Crippen molar-refractivity contribution in [3.05, 3.63) is 11.6 Å². The molecule has 2 N–H and O–H groups in total. The lowest BCUT2D eigenvalue weighted by Gasteiger charge is -2.18. The minimum atomic E-state index is -1.09. The zero-order chi connectivity index (χ0) is 10.9. The lowest BCUT2D eigenvalue weighted by Crippen LogP contribution is -2.30. The van der Waals surface area contributed by atoms with Crippen LogP contribution in [-0.2, 0) is 4.79 Å². The number of rotatable bonds is 3. The first-order valence-electron chi connectivity index (χ1n) is 4.24. The molecule has 0 bridgehead atoms. The van der Waals surface area contributed by atoms with E-state index in [0.717, 1.165) is 0 Å². The van der Waals surface area contributed by atoms with Crippen LogP contribution in [0, 0.1) is 13.8 Å². The van der Waals surface area contributed by atoms with E-state index >= 15 is 0 Å². The number of carbonyl (C=O) groups is 1. The molecule has 1 rings (SSSR count). The van der Waals surface area contributed by atoms with E-state index in [4.69, 9.17) is 5.11 Å². The van der Waals surface area contributed by atoms with E-state index in [1.54, 1.807) is 13.8 Å². The number of aliphatic hydroxyl groups is 1. The zero-order valence-electron chi connectivity index (χ0n) is 8.30. The lowest BCUT2D eigenvalue weighted by atomic mass is 10.2. The Hall–Kier alpha value is -1.43. The Bertz CT molecular complexity index is 326. The highest BCUT2D eigenvalue weighted by molar-refractivity contribution is 5.72. The van der Waals surface area contributed by atoms with Crippen molar-refractivity contribution < 1.29 is 15.0 Å². The number of aliphatic carboxylic acids is 1. The van der Waals surface area contributed by atoms with Gasteiger partial charge in [-0.3, -0.25) is 4.57 Å². The number of hydrogen-bond donors (Lipinski definition) is 2. The molecule has 2 unspecified atom stereocenters. The normalized spacial score (nSPS) is 15.1. The summed E-state index contributed by atoms with van der Waals surface area (Å²) in [5.74, 6) is -0.127. The molecule has 0 aliphatic rings. The van der Waals surface area contributed by atoms with Gasteiger partial charge in [-0.2, -0.15) is 0 Å². The molecule has 0 aliphatic carbocycles. The summed E-state index contributed by atoms with van der Waals surface area (Å²) in [6.07, 6.45) is -0.985. The summed E-state index contributed by atoms with van der Waals surface area (Å²) in [5, 5.41) is 25.8. The second kappa shape index (κ2) is 3.75. The van der Waals surface area contributed by atoms with Crippen LogP contribution in [-0.4, -0.2) is 37.1 Å². The van der Waals surface area contributed by atoms with Crippen LogP contribution in [0.5, 0.6) is 0 Å². The summed E-state index contributed by atoms with van der Waals surface area (Å²) in [5.41, 5.74) is 0. The first-order chi connectivity index (χ1) is 6.45. The number of carboxylic acid groups (broad SMARTS) is 1. The molecule has 1 aromatic heterocycles. The van der Waals surface area contributed by atoms with Gasteiger partial charge in [0, 0.05) is 0 Å². The molecule has 0 amide bonds. The van der Waals surface area contributed by atoms with Crippen LogP contribution in [0.3, 0.4) is 0 Å². The number of aryl methyl sites for hydroxylation is 2. The SMILES string of the molecule is Cc1nnc(C)n1C(C(=O)O)C(C)O. The van der Waals surface area contributed by atoms with Crippen LogP contribution in [0.1, 0.15) is 24.6 Å². The highest BCUT2D eigenvalue weighted by Gasteiger charge is 2.28. The predicted molar refractivity (Wildman–Crippen MR) is 47.8 cm³/mol.